The monoisotopic (exact) mass is 491 g/mol. The van der Waals surface area contributed by atoms with Crippen LogP contribution < -0.4 is 5.32 Å². The zero-order valence-corrected chi connectivity index (χ0v) is 20.2. The van der Waals surface area contributed by atoms with Crippen LogP contribution in [0.15, 0.2) is 53.4 Å². The van der Waals surface area contributed by atoms with Gasteiger partial charge in [-0.05, 0) is 44.5 Å². The number of halogens is 1. The maximum Gasteiger partial charge on any atom is 0.269 e. The SMILES string of the molecule is CC(C)NC(=O)C(C)N(Cc1ccccc1Cl)C(=O)CCN1C(=O)c2ccccc2S1(=O)=O. The Labute approximate surface area is 198 Å². The van der Waals surface area contributed by atoms with Crippen LogP contribution in [0, 0.1) is 0 Å². The minimum Gasteiger partial charge on any atom is -0.352 e. The van der Waals surface area contributed by atoms with Gasteiger partial charge < -0.3 is 10.2 Å². The van der Waals surface area contributed by atoms with Crippen molar-refractivity contribution in [2.24, 2.45) is 0 Å². The lowest BCUT2D eigenvalue weighted by atomic mass is 10.1. The first-order valence-corrected chi connectivity index (χ1v) is 12.3. The highest BCUT2D eigenvalue weighted by Crippen LogP contribution is 2.30. The van der Waals surface area contributed by atoms with Crippen molar-refractivity contribution in [1.82, 2.24) is 14.5 Å². The summed E-state index contributed by atoms with van der Waals surface area (Å²) in [5.41, 5.74) is 0.733. The minimum atomic E-state index is -4.02. The highest BCUT2D eigenvalue weighted by atomic mass is 35.5. The van der Waals surface area contributed by atoms with E-state index in [9.17, 15) is 22.8 Å². The molecule has 2 aromatic rings. The summed E-state index contributed by atoms with van der Waals surface area (Å²) >= 11 is 6.26. The van der Waals surface area contributed by atoms with E-state index >= 15 is 0 Å². The summed E-state index contributed by atoms with van der Waals surface area (Å²) < 4.78 is 26.3. The Hall–Kier alpha value is -2.91. The van der Waals surface area contributed by atoms with Gasteiger partial charge in [0.05, 0.1) is 5.56 Å². The zero-order chi connectivity index (χ0) is 24.3. The number of nitrogens with zero attached hydrogens (tertiary/aromatic N) is 2. The highest BCUT2D eigenvalue weighted by Gasteiger charge is 2.41. The molecular formula is C23H26ClN3O5S. The van der Waals surface area contributed by atoms with Gasteiger partial charge in [-0.3, -0.25) is 14.4 Å². The number of sulfonamides is 1. The van der Waals surface area contributed by atoms with Crippen molar-refractivity contribution >= 4 is 39.3 Å². The quantitative estimate of drug-likeness (QED) is 0.611. The first-order valence-electron chi connectivity index (χ1n) is 10.5. The van der Waals surface area contributed by atoms with Crippen molar-refractivity contribution in [1.29, 1.82) is 0 Å². The molecular weight excluding hydrogens is 466 g/mol. The molecule has 1 aliphatic heterocycles. The van der Waals surface area contributed by atoms with Crippen LogP contribution in [0.4, 0.5) is 0 Å². The number of benzene rings is 2. The maximum atomic E-state index is 13.2. The Morgan fingerprint density at radius 1 is 1.06 bits per heavy atom. The lowest BCUT2D eigenvalue weighted by Gasteiger charge is -2.30. The molecule has 0 aromatic heterocycles. The molecule has 0 saturated heterocycles. The van der Waals surface area contributed by atoms with Gasteiger partial charge in [-0.25, -0.2) is 12.7 Å². The van der Waals surface area contributed by atoms with Crippen molar-refractivity contribution in [2.75, 3.05) is 6.54 Å². The molecule has 0 bridgehead atoms. The minimum absolute atomic E-state index is 0.0616. The van der Waals surface area contributed by atoms with Crippen molar-refractivity contribution in [2.45, 2.75) is 50.7 Å². The molecule has 1 heterocycles. The van der Waals surface area contributed by atoms with Gasteiger partial charge >= 0.3 is 0 Å². The van der Waals surface area contributed by atoms with E-state index in [-0.39, 0.29) is 41.9 Å². The van der Waals surface area contributed by atoms with E-state index in [1.54, 1.807) is 43.3 Å². The molecule has 1 N–H and O–H groups in total. The number of hydrogen-bond donors (Lipinski definition) is 1. The van der Waals surface area contributed by atoms with Gasteiger partial charge in [-0.1, -0.05) is 41.9 Å². The lowest BCUT2D eigenvalue weighted by molar-refractivity contribution is -0.140. The van der Waals surface area contributed by atoms with Crippen molar-refractivity contribution in [3.8, 4) is 0 Å². The summed E-state index contributed by atoms with van der Waals surface area (Å²) in [5, 5.41) is 3.23. The Kier molecular flexibility index (Phi) is 7.44. The molecule has 1 aliphatic rings. The van der Waals surface area contributed by atoms with E-state index < -0.39 is 27.9 Å². The van der Waals surface area contributed by atoms with E-state index in [1.165, 1.54) is 17.0 Å². The van der Waals surface area contributed by atoms with E-state index in [0.717, 1.165) is 0 Å². The number of fused-ring (bicyclic) bond motifs is 1. The van der Waals surface area contributed by atoms with Gasteiger partial charge in [0, 0.05) is 30.6 Å². The van der Waals surface area contributed by atoms with Crippen molar-refractivity contribution < 1.29 is 22.8 Å². The third-order valence-corrected chi connectivity index (χ3v) is 7.55. The molecule has 0 aliphatic carbocycles. The van der Waals surface area contributed by atoms with Gasteiger partial charge in [-0.2, -0.15) is 0 Å². The van der Waals surface area contributed by atoms with Crippen LogP contribution in [-0.2, 0) is 26.2 Å². The van der Waals surface area contributed by atoms with Crippen LogP contribution >= 0.6 is 11.6 Å². The molecule has 176 valence electrons. The second-order valence-electron chi connectivity index (χ2n) is 8.08. The summed E-state index contributed by atoms with van der Waals surface area (Å²) in [6, 6.07) is 11.9. The summed E-state index contributed by atoms with van der Waals surface area (Å²) in [5.74, 6) is -1.48. The molecule has 0 spiro atoms. The van der Waals surface area contributed by atoms with Crippen LogP contribution in [0.5, 0.6) is 0 Å². The largest absolute Gasteiger partial charge is 0.352 e. The smallest absolute Gasteiger partial charge is 0.269 e. The first-order chi connectivity index (χ1) is 15.5. The van der Waals surface area contributed by atoms with Crippen LogP contribution in [-0.4, -0.2) is 54.0 Å². The van der Waals surface area contributed by atoms with E-state index in [1.807, 2.05) is 13.8 Å². The molecule has 0 radical (unpaired) electrons. The normalized spacial score (nSPS) is 15.3. The molecule has 3 amide bonds. The number of rotatable bonds is 8. The lowest BCUT2D eigenvalue weighted by Crippen LogP contribution is -2.49. The van der Waals surface area contributed by atoms with E-state index in [4.69, 9.17) is 11.6 Å². The zero-order valence-electron chi connectivity index (χ0n) is 18.6. The molecule has 0 fully saturated rings. The summed E-state index contributed by atoms with van der Waals surface area (Å²) in [6.45, 7) is 4.96. The van der Waals surface area contributed by atoms with E-state index in [0.29, 0.717) is 14.9 Å². The number of hydrogen-bond acceptors (Lipinski definition) is 5. The molecule has 8 nitrogen and oxygen atoms in total. The second kappa shape index (κ2) is 9.93. The predicted octanol–water partition coefficient (Wildman–Crippen LogP) is 2.82. The van der Waals surface area contributed by atoms with Gasteiger partial charge in [0.25, 0.3) is 15.9 Å². The molecule has 1 atom stereocenters. The Morgan fingerprint density at radius 3 is 2.33 bits per heavy atom. The number of carbonyl (C=O) groups is 3. The van der Waals surface area contributed by atoms with Crippen LogP contribution in [0.2, 0.25) is 5.02 Å². The molecule has 0 saturated carbocycles. The third-order valence-electron chi connectivity index (χ3n) is 5.34. The summed E-state index contributed by atoms with van der Waals surface area (Å²) in [6.07, 6.45) is -0.275. The number of nitrogens with one attached hydrogen (secondary N) is 1. The number of amides is 3. The van der Waals surface area contributed by atoms with Crippen LogP contribution in [0.3, 0.4) is 0 Å². The molecule has 2 aromatic carbocycles. The van der Waals surface area contributed by atoms with Crippen LogP contribution in [0.25, 0.3) is 0 Å². The average molecular weight is 492 g/mol. The fourth-order valence-electron chi connectivity index (χ4n) is 3.59. The fourth-order valence-corrected chi connectivity index (χ4v) is 5.36. The topological polar surface area (TPSA) is 104 Å². The van der Waals surface area contributed by atoms with Crippen LogP contribution in [0.1, 0.15) is 43.1 Å². The second-order valence-corrected chi connectivity index (χ2v) is 10.3. The first kappa shape index (κ1) is 24.7. The Balaban J connectivity index is 1.81. The molecule has 10 heteroatoms. The maximum absolute atomic E-state index is 13.2. The number of carbonyl (C=O) groups excluding carboxylic acids is 3. The summed E-state index contributed by atoms with van der Waals surface area (Å²) in [4.78, 5) is 39.8. The Morgan fingerprint density at radius 2 is 1.70 bits per heavy atom. The molecule has 1 unspecified atom stereocenters. The van der Waals surface area contributed by atoms with Gasteiger partial charge in [-0.15, -0.1) is 0 Å². The standard InChI is InChI=1S/C23H26ClN3O5S/c1-15(2)25-22(29)16(3)26(14-17-8-4-6-10-19(17)24)21(28)12-13-27-23(30)18-9-5-7-11-20(18)33(27,31)32/h4-11,15-16H,12-14H2,1-3H3,(H,25,29). The summed E-state index contributed by atoms with van der Waals surface area (Å²) in [7, 11) is -4.02. The van der Waals surface area contributed by atoms with E-state index in [2.05, 4.69) is 5.32 Å². The third kappa shape index (κ3) is 5.20. The van der Waals surface area contributed by atoms with Gasteiger partial charge in [0.1, 0.15) is 10.9 Å². The van der Waals surface area contributed by atoms with Gasteiger partial charge in [0.2, 0.25) is 11.8 Å². The predicted molar refractivity (Wildman–Crippen MR) is 124 cm³/mol. The van der Waals surface area contributed by atoms with Crippen molar-refractivity contribution in [3.63, 3.8) is 0 Å². The fraction of sp³-hybridized carbons (Fsp3) is 0.348. The van der Waals surface area contributed by atoms with Gasteiger partial charge in [0.15, 0.2) is 0 Å². The van der Waals surface area contributed by atoms with Crippen molar-refractivity contribution in [3.05, 3.63) is 64.7 Å². The molecule has 33 heavy (non-hydrogen) atoms. The average Bonchev–Trinajstić information content (AvgIpc) is 2.96. The molecule has 3 rings (SSSR count). The highest BCUT2D eigenvalue weighted by molar-refractivity contribution is 7.90. The Bertz CT molecular complexity index is 1180.